The van der Waals surface area contributed by atoms with Crippen LogP contribution in [0.4, 0.5) is 5.69 Å². The molecular weight excluding hydrogens is 615 g/mol. The Hall–Kier alpha value is -3.96. The maximum absolute atomic E-state index is 12.8. The Kier molecular flexibility index (Phi) is 10.1. The Morgan fingerprint density at radius 1 is 0.950 bits per heavy atom. The van der Waals surface area contributed by atoms with Gasteiger partial charge in [0.05, 0.1) is 12.1 Å². The molecule has 6 nitrogen and oxygen atoms in total. The number of carbonyl (C=O) groups excluding carboxylic acids is 1. The Bertz CT molecular complexity index is 1570. The van der Waals surface area contributed by atoms with Gasteiger partial charge in [0.15, 0.2) is 11.5 Å². The first-order valence-corrected chi connectivity index (χ1v) is 13.5. The van der Waals surface area contributed by atoms with Crippen LogP contribution in [0.3, 0.4) is 0 Å². The number of carbonyl (C=O) groups is 1. The van der Waals surface area contributed by atoms with Crippen molar-refractivity contribution in [2.24, 2.45) is 0 Å². The molecule has 1 N–H and O–H groups in total. The topological polar surface area (TPSA) is 80.6 Å². The number of benzene rings is 4. The van der Waals surface area contributed by atoms with Crippen molar-refractivity contribution in [1.82, 2.24) is 0 Å². The quantitative estimate of drug-likeness (QED) is 0.139. The summed E-state index contributed by atoms with van der Waals surface area (Å²) < 4.78 is 18.1. The van der Waals surface area contributed by atoms with E-state index in [1.165, 1.54) is 13.2 Å². The van der Waals surface area contributed by atoms with Gasteiger partial charge >= 0.3 is 0 Å². The SMILES string of the molecule is COc1cc(/C=C(\C#N)C(=O)Nc2ccc(OCc3ccc(Br)cc3)cc2)cc(Cl)c1OCc1cccc(Cl)c1. The van der Waals surface area contributed by atoms with E-state index in [1.54, 1.807) is 48.5 Å². The third-order valence-electron chi connectivity index (χ3n) is 5.63. The van der Waals surface area contributed by atoms with E-state index in [0.29, 0.717) is 40.1 Å². The molecule has 9 heteroatoms. The predicted octanol–water partition coefficient (Wildman–Crippen LogP) is 8.47. The molecular formula is C31H23BrCl2N2O4. The van der Waals surface area contributed by atoms with Crippen molar-refractivity contribution in [3.8, 4) is 23.3 Å². The van der Waals surface area contributed by atoms with E-state index >= 15 is 0 Å². The lowest BCUT2D eigenvalue weighted by Gasteiger charge is -2.14. The normalized spacial score (nSPS) is 10.9. The minimum Gasteiger partial charge on any atom is -0.493 e. The summed E-state index contributed by atoms with van der Waals surface area (Å²) in [5.41, 5.74) is 2.80. The number of rotatable bonds is 10. The molecule has 202 valence electrons. The van der Waals surface area contributed by atoms with Gasteiger partial charge in [-0.25, -0.2) is 0 Å². The van der Waals surface area contributed by atoms with Crippen molar-refractivity contribution in [3.63, 3.8) is 0 Å². The highest BCUT2D eigenvalue weighted by Crippen LogP contribution is 2.37. The summed E-state index contributed by atoms with van der Waals surface area (Å²) in [6, 6.07) is 27.2. The second-order valence-electron chi connectivity index (χ2n) is 8.52. The lowest BCUT2D eigenvalue weighted by molar-refractivity contribution is -0.112. The standard InChI is InChI=1S/C31H23BrCl2N2O4/c1-38-29-16-22(15-28(34)30(29)40-19-21-3-2-4-25(33)14-21)13-23(17-35)31(37)36-26-9-11-27(12-10-26)39-18-20-5-7-24(32)8-6-20/h2-16H,18-19H2,1H3,(H,36,37)/b23-13+. The molecule has 0 bridgehead atoms. The molecule has 0 saturated heterocycles. The van der Waals surface area contributed by atoms with E-state index in [-0.39, 0.29) is 17.2 Å². The highest BCUT2D eigenvalue weighted by molar-refractivity contribution is 9.10. The van der Waals surface area contributed by atoms with Crippen LogP contribution in [0.2, 0.25) is 10.0 Å². The number of hydrogen-bond acceptors (Lipinski definition) is 5. The van der Waals surface area contributed by atoms with Gasteiger partial charge < -0.3 is 19.5 Å². The zero-order valence-corrected chi connectivity index (χ0v) is 24.4. The van der Waals surface area contributed by atoms with Gasteiger partial charge in [-0.15, -0.1) is 0 Å². The molecule has 40 heavy (non-hydrogen) atoms. The number of methoxy groups -OCH3 is 1. The minimum atomic E-state index is -0.567. The van der Waals surface area contributed by atoms with Gasteiger partial charge in [-0.1, -0.05) is 63.4 Å². The van der Waals surface area contributed by atoms with Crippen LogP contribution in [0, 0.1) is 11.3 Å². The number of ether oxygens (including phenoxy) is 3. The minimum absolute atomic E-state index is 0.110. The van der Waals surface area contributed by atoms with Gasteiger partial charge in [0.1, 0.15) is 30.6 Å². The van der Waals surface area contributed by atoms with Crippen molar-refractivity contribution in [2.45, 2.75) is 13.2 Å². The van der Waals surface area contributed by atoms with Gasteiger partial charge in [0, 0.05) is 15.2 Å². The first-order valence-electron chi connectivity index (χ1n) is 12.0. The van der Waals surface area contributed by atoms with E-state index in [9.17, 15) is 10.1 Å². The van der Waals surface area contributed by atoms with Gasteiger partial charge in [0.25, 0.3) is 5.91 Å². The Morgan fingerprint density at radius 3 is 2.35 bits per heavy atom. The first-order chi connectivity index (χ1) is 19.3. The molecule has 0 spiro atoms. The third-order valence-corrected chi connectivity index (χ3v) is 6.68. The Morgan fingerprint density at radius 2 is 1.68 bits per heavy atom. The van der Waals surface area contributed by atoms with Gasteiger partial charge in [0.2, 0.25) is 0 Å². The van der Waals surface area contributed by atoms with Crippen molar-refractivity contribution < 1.29 is 19.0 Å². The maximum atomic E-state index is 12.8. The largest absolute Gasteiger partial charge is 0.493 e. The number of hydrogen-bond donors (Lipinski definition) is 1. The maximum Gasteiger partial charge on any atom is 0.266 e. The summed E-state index contributed by atoms with van der Waals surface area (Å²) >= 11 is 15.9. The fourth-order valence-corrected chi connectivity index (χ4v) is 4.39. The molecule has 0 aromatic heterocycles. The van der Waals surface area contributed by atoms with Gasteiger partial charge in [-0.05, 0) is 83.4 Å². The summed E-state index contributed by atoms with van der Waals surface area (Å²) in [6.07, 6.45) is 1.43. The third kappa shape index (κ3) is 8.03. The Labute approximate surface area is 250 Å². The van der Waals surface area contributed by atoms with Gasteiger partial charge in [-0.3, -0.25) is 4.79 Å². The van der Waals surface area contributed by atoms with E-state index in [1.807, 2.05) is 42.5 Å². The molecule has 0 atom stereocenters. The zero-order chi connectivity index (χ0) is 28.5. The molecule has 0 unspecified atom stereocenters. The molecule has 4 aromatic carbocycles. The van der Waals surface area contributed by atoms with Crippen LogP contribution in [-0.2, 0) is 18.0 Å². The highest BCUT2D eigenvalue weighted by atomic mass is 79.9. The fourth-order valence-electron chi connectivity index (χ4n) is 3.64. The lowest BCUT2D eigenvalue weighted by atomic mass is 10.1. The molecule has 0 radical (unpaired) electrons. The Balaban J connectivity index is 1.41. The van der Waals surface area contributed by atoms with Crippen molar-refractivity contribution >= 4 is 56.8 Å². The molecule has 0 heterocycles. The van der Waals surface area contributed by atoms with Crippen LogP contribution in [-0.4, -0.2) is 13.0 Å². The van der Waals surface area contributed by atoms with Crippen LogP contribution in [0.1, 0.15) is 16.7 Å². The van der Waals surface area contributed by atoms with Crippen LogP contribution in [0.5, 0.6) is 17.2 Å². The molecule has 4 aromatic rings. The van der Waals surface area contributed by atoms with E-state index in [0.717, 1.165) is 15.6 Å². The number of anilines is 1. The summed E-state index contributed by atoms with van der Waals surface area (Å²) in [4.78, 5) is 12.8. The van der Waals surface area contributed by atoms with E-state index < -0.39 is 5.91 Å². The smallest absolute Gasteiger partial charge is 0.266 e. The molecule has 0 saturated carbocycles. The average molecular weight is 638 g/mol. The molecule has 0 fully saturated rings. The van der Waals surface area contributed by atoms with Crippen LogP contribution in [0.15, 0.2) is 95.0 Å². The molecule has 0 aliphatic carbocycles. The predicted molar refractivity (Wildman–Crippen MR) is 161 cm³/mol. The number of nitriles is 1. The highest BCUT2D eigenvalue weighted by Gasteiger charge is 2.15. The molecule has 0 aliphatic heterocycles. The van der Waals surface area contributed by atoms with E-state index in [4.69, 9.17) is 37.4 Å². The average Bonchev–Trinajstić information content (AvgIpc) is 2.95. The van der Waals surface area contributed by atoms with Crippen molar-refractivity contribution in [2.75, 3.05) is 12.4 Å². The number of nitrogens with zero attached hydrogens (tertiary/aromatic N) is 1. The number of nitrogens with one attached hydrogen (secondary N) is 1. The summed E-state index contributed by atoms with van der Waals surface area (Å²) in [5.74, 6) is 0.780. The zero-order valence-electron chi connectivity index (χ0n) is 21.3. The van der Waals surface area contributed by atoms with Crippen LogP contribution in [0.25, 0.3) is 6.08 Å². The van der Waals surface area contributed by atoms with Crippen molar-refractivity contribution in [3.05, 3.63) is 122 Å². The van der Waals surface area contributed by atoms with Crippen molar-refractivity contribution in [1.29, 1.82) is 5.26 Å². The van der Waals surface area contributed by atoms with Crippen LogP contribution < -0.4 is 19.5 Å². The monoisotopic (exact) mass is 636 g/mol. The lowest BCUT2D eigenvalue weighted by Crippen LogP contribution is -2.13. The number of halogens is 3. The summed E-state index contributed by atoms with van der Waals surface area (Å²) in [5, 5.41) is 13.3. The summed E-state index contributed by atoms with van der Waals surface area (Å²) in [7, 11) is 1.48. The molecule has 1 amide bonds. The summed E-state index contributed by atoms with van der Waals surface area (Å²) in [6.45, 7) is 0.641. The second kappa shape index (κ2) is 13.9. The van der Waals surface area contributed by atoms with E-state index in [2.05, 4.69) is 21.2 Å². The fraction of sp³-hybridized carbons (Fsp3) is 0.0968. The molecule has 4 rings (SSSR count). The van der Waals surface area contributed by atoms with Gasteiger partial charge in [-0.2, -0.15) is 5.26 Å². The second-order valence-corrected chi connectivity index (χ2v) is 10.3. The molecule has 0 aliphatic rings. The first kappa shape index (κ1) is 29.0. The van der Waals surface area contributed by atoms with Crippen LogP contribution >= 0.6 is 39.1 Å². The number of amides is 1.